The van der Waals surface area contributed by atoms with E-state index >= 15 is 0 Å². The second-order valence-corrected chi connectivity index (χ2v) is 8.62. The van der Waals surface area contributed by atoms with Crippen molar-refractivity contribution in [3.05, 3.63) is 42.0 Å². The van der Waals surface area contributed by atoms with E-state index in [4.69, 9.17) is 4.98 Å². The number of hydrogen-bond acceptors (Lipinski definition) is 5. The summed E-state index contributed by atoms with van der Waals surface area (Å²) in [5.74, 6) is 0.228. The fraction of sp³-hybridized carbons (Fsp3) is 0.478. The van der Waals surface area contributed by atoms with Crippen molar-refractivity contribution < 1.29 is 14.0 Å². The predicted octanol–water partition coefficient (Wildman–Crippen LogP) is 2.53. The molecular weight excluding hydrogens is 397 g/mol. The van der Waals surface area contributed by atoms with Gasteiger partial charge in [-0.1, -0.05) is 18.2 Å². The fourth-order valence-corrected chi connectivity index (χ4v) is 4.46. The summed E-state index contributed by atoms with van der Waals surface area (Å²) in [6.45, 7) is 1.71. The molecule has 7 nitrogen and oxygen atoms in total. The Kier molecular flexibility index (Phi) is 5.89. The number of rotatable bonds is 4. The average molecular weight is 426 g/mol. The Hall–Kier alpha value is -3.03. The van der Waals surface area contributed by atoms with Gasteiger partial charge in [-0.2, -0.15) is 0 Å². The number of carbonyl (C=O) groups excluding carboxylic acids is 2. The molecule has 2 aromatic rings. The Bertz CT molecular complexity index is 988. The monoisotopic (exact) mass is 425 g/mol. The van der Waals surface area contributed by atoms with Gasteiger partial charge in [0, 0.05) is 70.4 Å². The lowest BCUT2D eigenvalue weighted by Crippen LogP contribution is -2.42. The van der Waals surface area contributed by atoms with Crippen LogP contribution in [0.5, 0.6) is 0 Å². The van der Waals surface area contributed by atoms with Gasteiger partial charge in [-0.15, -0.1) is 0 Å². The van der Waals surface area contributed by atoms with Crippen LogP contribution in [-0.2, 0) is 9.59 Å². The molecular formula is C23H28FN5O2. The highest BCUT2D eigenvalue weighted by atomic mass is 19.1. The van der Waals surface area contributed by atoms with E-state index in [1.165, 1.54) is 6.07 Å². The molecule has 0 N–H and O–H groups in total. The van der Waals surface area contributed by atoms with Crippen LogP contribution in [-0.4, -0.2) is 72.4 Å². The quantitative estimate of drug-likeness (QED) is 0.753. The Labute approximate surface area is 181 Å². The molecule has 2 fully saturated rings. The summed E-state index contributed by atoms with van der Waals surface area (Å²) in [6, 6.07) is 6.67. The predicted molar refractivity (Wildman–Crippen MR) is 116 cm³/mol. The average Bonchev–Trinajstić information content (AvgIpc) is 3.11. The zero-order chi connectivity index (χ0) is 22.1. The van der Waals surface area contributed by atoms with Crippen LogP contribution in [0.15, 0.2) is 30.5 Å². The van der Waals surface area contributed by atoms with E-state index in [1.807, 2.05) is 30.0 Å². The van der Waals surface area contributed by atoms with Crippen LogP contribution >= 0.6 is 0 Å². The minimum Gasteiger partial charge on any atom is -0.347 e. The molecule has 8 heteroatoms. The molecule has 2 aliphatic heterocycles. The molecule has 2 saturated heterocycles. The highest BCUT2D eigenvalue weighted by Gasteiger charge is 2.36. The first-order valence-electron chi connectivity index (χ1n) is 10.7. The summed E-state index contributed by atoms with van der Waals surface area (Å²) in [5.41, 5.74) is 2.02. The zero-order valence-electron chi connectivity index (χ0n) is 18.2. The molecule has 31 heavy (non-hydrogen) atoms. The summed E-state index contributed by atoms with van der Waals surface area (Å²) in [4.78, 5) is 39.2. The van der Waals surface area contributed by atoms with E-state index in [1.54, 1.807) is 30.3 Å². The van der Waals surface area contributed by atoms with Crippen LogP contribution in [0.3, 0.4) is 0 Å². The molecule has 1 aromatic heterocycles. The maximum Gasteiger partial charge on any atom is 0.227 e. The number of halogens is 1. The van der Waals surface area contributed by atoms with Crippen molar-refractivity contribution in [1.82, 2.24) is 19.8 Å². The largest absolute Gasteiger partial charge is 0.347 e. The summed E-state index contributed by atoms with van der Waals surface area (Å²) < 4.78 is 14.5. The van der Waals surface area contributed by atoms with Crippen molar-refractivity contribution in [2.45, 2.75) is 25.2 Å². The number of amides is 2. The minimum absolute atomic E-state index is 0.0277. The molecule has 0 aliphatic carbocycles. The van der Waals surface area contributed by atoms with Gasteiger partial charge in [0.2, 0.25) is 17.8 Å². The molecule has 0 saturated carbocycles. The van der Waals surface area contributed by atoms with Crippen molar-refractivity contribution in [2.75, 3.05) is 45.7 Å². The highest BCUT2D eigenvalue weighted by molar-refractivity contribution is 5.89. The van der Waals surface area contributed by atoms with E-state index in [0.717, 1.165) is 18.5 Å². The van der Waals surface area contributed by atoms with Crippen LogP contribution in [0.4, 0.5) is 10.3 Å². The third-order valence-corrected chi connectivity index (χ3v) is 6.25. The standard InChI is InChI=1S/C23H28FN5O2/c1-27(2)23-25-13-18(17-6-4-5-7-19(17)24)21(26-23)15-8-10-29(11-9-15)22(31)16-12-20(30)28(3)14-16/h4-7,13,15-16H,8-12,14H2,1-3H3/t16-/m1/s1. The van der Waals surface area contributed by atoms with Crippen LogP contribution in [0.25, 0.3) is 11.1 Å². The first-order chi connectivity index (χ1) is 14.8. The molecule has 4 rings (SSSR count). The second kappa shape index (κ2) is 8.61. The smallest absolute Gasteiger partial charge is 0.227 e. The molecule has 0 unspecified atom stereocenters. The van der Waals surface area contributed by atoms with E-state index in [-0.39, 0.29) is 29.5 Å². The van der Waals surface area contributed by atoms with Gasteiger partial charge in [0.25, 0.3) is 0 Å². The number of piperidine rings is 1. The third kappa shape index (κ3) is 4.24. The molecule has 3 heterocycles. The number of likely N-dealkylation sites (tertiary alicyclic amines) is 2. The number of nitrogens with zero attached hydrogens (tertiary/aromatic N) is 5. The summed E-state index contributed by atoms with van der Waals surface area (Å²) in [5, 5.41) is 0. The van der Waals surface area contributed by atoms with E-state index in [2.05, 4.69) is 4.98 Å². The first-order valence-corrected chi connectivity index (χ1v) is 10.7. The molecule has 1 atom stereocenters. The van der Waals surface area contributed by atoms with Gasteiger partial charge in [0.05, 0.1) is 11.6 Å². The molecule has 0 spiro atoms. The van der Waals surface area contributed by atoms with Crippen molar-refractivity contribution >= 4 is 17.8 Å². The van der Waals surface area contributed by atoms with Crippen LogP contribution < -0.4 is 4.90 Å². The molecule has 0 bridgehead atoms. The van der Waals surface area contributed by atoms with Crippen LogP contribution in [0, 0.1) is 11.7 Å². The highest BCUT2D eigenvalue weighted by Crippen LogP contribution is 2.36. The number of benzene rings is 1. The lowest BCUT2D eigenvalue weighted by Gasteiger charge is -2.34. The van der Waals surface area contributed by atoms with Gasteiger partial charge < -0.3 is 14.7 Å². The number of anilines is 1. The van der Waals surface area contributed by atoms with Gasteiger partial charge in [-0.3, -0.25) is 9.59 Å². The van der Waals surface area contributed by atoms with E-state index in [9.17, 15) is 14.0 Å². The number of hydrogen-bond donors (Lipinski definition) is 0. The van der Waals surface area contributed by atoms with Gasteiger partial charge in [-0.05, 0) is 18.9 Å². The van der Waals surface area contributed by atoms with Gasteiger partial charge >= 0.3 is 0 Å². The van der Waals surface area contributed by atoms with Crippen molar-refractivity contribution in [2.24, 2.45) is 5.92 Å². The summed E-state index contributed by atoms with van der Waals surface area (Å²) in [6.07, 6.45) is 3.49. The van der Waals surface area contributed by atoms with Crippen molar-refractivity contribution in [3.63, 3.8) is 0 Å². The van der Waals surface area contributed by atoms with Crippen molar-refractivity contribution in [1.29, 1.82) is 0 Å². The molecule has 0 radical (unpaired) electrons. The van der Waals surface area contributed by atoms with Crippen LogP contribution in [0.1, 0.15) is 30.9 Å². The molecule has 2 amide bonds. The molecule has 2 aliphatic rings. The lowest BCUT2D eigenvalue weighted by atomic mass is 9.88. The maximum atomic E-state index is 14.5. The topological polar surface area (TPSA) is 69.6 Å². The second-order valence-electron chi connectivity index (χ2n) is 8.62. The van der Waals surface area contributed by atoms with E-state index < -0.39 is 0 Å². The fourth-order valence-electron chi connectivity index (χ4n) is 4.46. The van der Waals surface area contributed by atoms with E-state index in [0.29, 0.717) is 43.1 Å². The Balaban J connectivity index is 1.55. The zero-order valence-corrected chi connectivity index (χ0v) is 18.2. The minimum atomic E-state index is -0.299. The summed E-state index contributed by atoms with van der Waals surface area (Å²) in [7, 11) is 5.50. The SMILES string of the molecule is CN1C[C@H](C(=O)N2CCC(c3nc(N(C)C)ncc3-c3ccccc3F)CC2)CC1=O. The Morgan fingerprint density at radius 1 is 1.16 bits per heavy atom. The molecule has 164 valence electrons. The Morgan fingerprint density at radius 3 is 2.48 bits per heavy atom. The Morgan fingerprint density at radius 2 is 1.87 bits per heavy atom. The van der Waals surface area contributed by atoms with Gasteiger partial charge in [0.1, 0.15) is 5.82 Å². The van der Waals surface area contributed by atoms with Gasteiger partial charge in [0.15, 0.2) is 0 Å². The normalized spacial score (nSPS) is 19.7. The van der Waals surface area contributed by atoms with Gasteiger partial charge in [-0.25, -0.2) is 14.4 Å². The number of aromatic nitrogens is 2. The first kappa shape index (κ1) is 21.2. The number of carbonyl (C=O) groups is 2. The van der Waals surface area contributed by atoms with Crippen LogP contribution in [0.2, 0.25) is 0 Å². The maximum absolute atomic E-state index is 14.5. The van der Waals surface area contributed by atoms with Crippen molar-refractivity contribution in [3.8, 4) is 11.1 Å². The lowest BCUT2D eigenvalue weighted by molar-refractivity contribution is -0.136. The summed E-state index contributed by atoms with van der Waals surface area (Å²) >= 11 is 0. The third-order valence-electron chi connectivity index (χ3n) is 6.25. The molecule has 1 aromatic carbocycles.